The van der Waals surface area contributed by atoms with Gasteiger partial charge in [0.25, 0.3) is 0 Å². The Morgan fingerprint density at radius 1 is 1.05 bits per heavy atom. The van der Waals surface area contributed by atoms with Crippen molar-refractivity contribution in [1.82, 2.24) is 0 Å². The summed E-state index contributed by atoms with van der Waals surface area (Å²) >= 11 is 0. The zero-order chi connectivity index (χ0) is 14.7. The van der Waals surface area contributed by atoms with E-state index in [1.807, 2.05) is 55.5 Å². The number of fused-ring (bicyclic) bond motifs is 1. The van der Waals surface area contributed by atoms with Crippen LogP contribution in [-0.4, -0.2) is 13.2 Å². The normalized spacial score (nSPS) is 13.6. The number of benzene rings is 2. The van der Waals surface area contributed by atoms with E-state index in [9.17, 15) is 5.26 Å². The third-order valence-corrected chi connectivity index (χ3v) is 3.36. The molecule has 0 aliphatic carbocycles. The molecule has 2 aromatic rings. The van der Waals surface area contributed by atoms with Gasteiger partial charge in [-0.3, -0.25) is 0 Å². The van der Waals surface area contributed by atoms with Gasteiger partial charge in [-0.1, -0.05) is 35.9 Å². The van der Waals surface area contributed by atoms with E-state index in [4.69, 9.17) is 9.47 Å². The van der Waals surface area contributed by atoms with Crippen LogP contribution in [0.4, 0.5) is 0 Å². The van der Waals surface area contributed by atoms with E-state index in [1.54, 1.807) is 0 Å². The monoisotopic (exact) mass is 277 g/mol. The van der Waals surface area contributed by atoms with Crippen LogP contribution in [0, 0.1) is 18.3 Å². The van der Waals surface area contributed by atoms with Crippen molar-refractivity contribution < 1.29 is 9.47 Å². The largest absolute Gasteiger partial charge is 0.486 e. The van der Waals surface area contributed by atoms with Crippen LogP contribution in [0.1, 0.15) is 16.7 Å². The summed E-state index contributed by atoms with van der Waals surface area (Å²) in [5.74, 6) is 1.49. The van der Waals surface area contributed by atoms with Gasteiger partial charge in [0.05, 0.1) is 11.6 Å². The third kappa shape index (κ3) is 2.90. The van der Waals surface area contributed by atoms with Crippen molar-refractivity contribution >= 4 is 11.6 Å². The molecule has 0 bridgehead atoms. The molecule has 104 valence electrons. The van der Waals surface area contributed by atoms with Gasteiger partial charge in [0.15, 0.2) is 11.5 Å². The molecule has 1 heterocycles. The molecule has 0 radical (unpaired) electrons. The van der Waals surface area contributed by atoms with Gasteiger partial charge in [0, 0.05) is 0 Å². The zero-order valence-corrected chi connectivity index (χ0v) is 11.8. The first-order valence-electron chi connectivity index (χ1n) is 6.85. The maximum atomic E-state index is 9.37. The topological polar surface area (TPSA) is 42.2 Å². The van der Waals surface area contributed by atoms with Crippen LogP contribution in [0.15, 0.2) is 42.5 Å². The molecule has 3 nitrogen and oxygen atoms in total. The molecule has 0 spiro atoms. The molecule has 0 saturated heterocycles. The minimum absolute atomic E-state index is 0.559. The van der Waals surface area contributed by atoms with E-state index in [2.05, 4.69) is 6.07 Å². The van der Waals surface area contributed by atoms with Gasteiger partial charge in [-0.05, 0) is 36.3 Å². The van der Waals surface area contributed by atoms with Crippen molar-refractivity contribution in [3.63, 3.8) is 0 Å². The van der Waals surface area contributed by atoms with E-state index in [0.717, 1.165) is 22.6 Å². The number of hydrogen-bond donors (Lipinski definition) is 0. The number of hydrogen-bond acceptors (Lipinski definition) is 3. The van der Waals surface area contributed by atoms with Crippen LogP contribution >= 0.6 is 0 Å². The molecule has 0 amide bonds. The van der Waals surface area contributed by atoms with Crippen molar-refractivity contribution in [3.05, 3.63) is 59.2 Å². The predicted molar refractivity (Wildman–Crippen MR) is 82.1 cm³/mol. The van der Waals surface area contributed by atoms with Crippen molar-refractivity contribution in [2.45, 2.75) is 6.92 Å². The Hall–Kier alpha value is -2.73. The Kier molecular flexibility index (Phi) is 3.61. The highest BCUT2D eigenvalue weighted by Gasteiger charge is 2.11. The maximum absolute atomic E-state index is 9.37. The van der Waals surface area contributed by atoms with E-state index in [0.29, 0.717) is 18.8 Å². The second-order valence-electron chi connectivity index (χ2n) is 4.94. The van der Waals surface area contributed by atoms with Gasteiger partial charge in [-0.15, -0.1) is 0 Å². The number of aryl methyl sites for hydroxylation is 1. The van der Waals surface area contributed by atoms with E-state index in [-0.39, 0.29) is 0 Å². The minimum Gasteiger partial charge on any atom is -0.486 e. The van der Waals surface area contributed by atoms with E-state index >= 15 is 0 Å². The lowest BCUT2D eigenvalue weighted by molar-refractivity contribution is 0.171. The summed E-state index contributed by atoms with van der Waals surface area (Å²) in [6, 6.07) is 15.9. The molecular formula is C18H15NO2. The smallest absolute Gasteiger partial charge is 0.161 e. The van der Waals surface area contributed by atoms with Crippen molar-refractivity contribution in [2.75, 3.05) is 13.2 Å². The predicted octanol–water partition coefficient (Wildman–Crippen LogP) is 3.83. The lowest BCUT2D eigenvalue weighted by Crippen LogP contribution is -2.15. The van der Waals surface area contributed by atoms with Crippen LogP contribution in [0.25, 0.3) is 11.6 Å². The molecule has 1 aliphatic rings. The fourth-order valence-corrected chi connectivity index (χ4v) is 2.23. The number of nitrogens with zero attached hydrogens (tertiary/aromatic N) is 1. The quantitative estimate of drug-likeness (QED) is 0.619. The van der Waals surface area contributed by atoms with Crippen LogP contribution in [0.5, 0.6) is 11.5 Å². The summed E-state index contributed by atoms with van der Waals surface area (Å²) in [6.07, 6.45) is 1.86. The van der Waals surface area contributed by atoms with Crippen molar-refractivity contribution in [1.29, 1.82) is 5.26 Å². The Balaban J connectivity index is 1.95. The zero-order valence-electron chi connectivity index (χ0n) is 11.8. The van der Waals surface area contributed by atoms with Crippen LogP contribution in [0.3, 0.4) is 0 Å². The Labute approximate surface area is 124 Å². The Morgan fingerprint density at radius 3 is 2.48 bits per heavy atom. The Morgan fingerprint density at radius 2 is 1.76 bits per heavy atom. The maximum Gasteiger partial charge on any atom is 0.161 e. The molecule has 2 aromatic carbocycles. The van der Waals surface area contributed by atoms with Crippen LogP contribution in [0.2, 0.25) is 0 Å². The molecule has 3 heteroatoms. The summed E-state index contributed by atoms with van der Waals surface area (Å²) in [5.41, 5.74) is 3.65. The fourth-order valence-electron chi connectivity index (χ4n) is 2.23. The van der Waals surface area contributed by atoms with Gasteiger partial charge in [-0.25, -0.2) is 0 Å². The van der Waals surface area contributed by atoms with Gasteiger partial charge >= 0.3 is 0 Å². The standard InChI is InChI=1S/C18H15NO2/c1-13-2-5-15(6-3-13)16(12-19)10-14-4-7-17-18(11-14)21-9-8-20-17/h2-7,10-11H,8-9H2,1H3. The SMILES string of the molecule is Cc1ccc(C(C#N)=Cc2ccc3c(c2)OCCO3)cc1. The highest BCUT2D eigenvalue weighted by atomic mass is 16.6. The minimum atomic E-state index is 0.559. The van der Waals surface area contributed by atoms with Crippen molar-refractivity contribution in [3.8, 4) is 17.6 Å². The number of nitriles is 1. The van der Waals surface area contributed by atoms with E-state index in [1.165, 1.54) is 5.56 Å². The summed E-state index contributed by atoms with van der Waals surface area (Å²) in [4.78, 5) is 0. The first-order valence-corrected chi connectivity index (χ1v) is 6.85. The second-order valence-corrected chi connectivity index (χ2v) is 4.94. The molecule has 3 rings (SSSR count). The highest BCUT2D eigenvalue weighted by molar-refractivity contribution is 5.89. The molecule has 0 saturated carbocycles. The van der Waals surface area contributed by atoms with Crippen LogP contribution < -0.4 is 9.47 Å². The number of allylic oxidation sites excluding steroid dienone is 1. The molecule has 21 heavy (non-hydrogen) atoms. The molecule has 0 unspecified atom stereocenters. The first-order chi connectivity index (χ1) is 10.3. The van der Waals surface area contributed by atoms with E-state index < -0.39 is 0 Å². The summed E-state index contributed by atoms with van der Waals surface area (Å²) in [7, 11) is 0. The fraction of sp³-hybridized carbons (Fsp3) is 0.167. The Bertz CT molecular complexity index is 724. The molecular weight excluding hydrogens is 262 g/mol. The summed E-state index contributed by atoms with van der Waals surface area (Å²) in [5, 5.41) is 9.37. The van der Waals surface area contributed by atoms with Gasteiger partial charge < -0.3 is 9.47 Å². The first kappa shape index (κ1) is 13.3. The molecule has 0 aromatic heterocycles. The van der Waals surface area contributed by atoms with Gasteiger partial charge in [0.1, 0.15) is 13.2 Å². The van der Waals surface area contributed by atoms with Gasteiger partial charge in [0.2, 0.25) is 0 Å². The average Bonchev–Trinajstić information content (AvgIpc) is 2.53. The molecule has 0 atom stereocenters. The second kappa shape index (κ2) is 5.72. The molecule has 0 fully saturated rings. The van der Waals surface area contributed by atoms with Crippen LogP contribution in [-0.2, 0) is 0 Å². The molecule has 0 N–H and O–H groups in total. The van der Waals surface area contributed by atoms with Gasteiger partial charge in [-0.2, -0.15) is 5.26 Å². The molecule has 1 aliphatic heterocycles. The highest BCUT2D eigenvalue weighted by Crippen LogP contribution is 2.32. The lowest BCUT2D eigenvalue weighted by Gasteiger charge is -2.18. The summed E-state index contributed by atoms with van der Waals surface area (Å²) in [6.45, 7) is 3.17. The number of rotatable bonds is 2. The van der Waals surface area contributed by atoms with Crippen molar-refractivity contribution in [2.24, 2.45) is 0 Å². The lowest BCUT2D eigenvalue weighted by atomic mass is 10.0. The number of ether oxygens (including phenoxy) is 2. The average molecular weight is 277 g/mol. The third-order valence-electron chi connectivity index (χ3n) is 3.36. The summed E-state index contributed by atoms with van der Waals surface area (Å²) < 4.78 is 11.1.